The first kappa shape index (κ1) is 14.0. The van der Waals surface area contributed by atoms with E-state index in [4.69, 9.17) is 4.74 Å². The highest BCUT2D eigenvalue weighted by atomic mass is 16.5. The molecule has 0 radical (unpaired) electrons. The van der Waals surface area contributed by atoms with Gasteiger partial charge in [0.05, 0.1) is 0 Å². The van der Waals surface area contributed by atoms with Gasteiger partial charge in [-0.15, -0.1) is 0 Å². The molecule has 1 rings (SSSR count). The molecule has 0 saturated carbocycles. The van der Waals surface area contributed by atoms with Gasteiger partial charge in [0, 0.05) is 6.54 Å². The van der Waals surface area contributed by atoms with Crippen molar-refractivity contribution in [2.75, 3.05) is 13.6 Å². The fourth-order valence-corrected chi connectivity index (χ4v) is 1.81. The third-order valence-electron chi connectivity index (χ3n) is 2.90. The van der Waals surface area contributed by atoms with Gasteiger partial charge in [0.25, 0.3) is 0 Å². The summed E-state index contributed by atoms with van der Waals surface area (Å²) in [7, 11) is 1.96. The zero-order chi connectivity index (χ0) is 12.7. The highest BCUT2D eigenvalue weighted by molar-refractivity contribution is 5.27. The number of hydrogen-bond donors (Lipinski definition) is 1. The lowest BCUT2D eigenvalue weighted by atomic mass is 10.1. The molecule has 17 heavy (non-hydrogen) atoms. The van der Waals surface area contributed by atoms with E-state index in [0.717, 1.165) is 18.7 Å². The lowest BCUT2D eigenvalue weighted by Crippen LogP contribution is -2.33. The minimum absolute atomic E-state index is 0.233. The van der Waals surface area contributed by atoms with Crippen LogP contribution in [-0.2, 0) is 6.42 Å². The highest BCUT2D eigenvalue weighted by Crippen LogP contribution is 2.17. The van der Waals surface area contributed by atoms with E-state index in [2.05, 4.69) is 50.4 Å². The van der Waals surface area contributed by atoms with Crippen molar-refractivity contribution >= 4 is 0 Å². The van der Waals surface area contributed by atoms with Crippen LogP contribution in [0.15, 0.2) is 24.3 Å². The first-order valence-corrected chi connectivity index (χ1v) is 6.57. The average molecular weight is 235 g/mol. The second-order valence-electron chi connectivity index (χ2n) is 4.85. The lowest BCUT2D eigenvalue weighted by molar-refractivity contribution is 0.151. The lowest BCUT2D eigenvalue weighted by Gasteiger charge is -2.22. The molecule has 2 nitrogen and oxygen atoms in total. The van der Waals surface area contributed by atoms with Crippen LogP contribution in [0.3, 0.4) is 0 Å². The largest absolute Gasteiger partial charge is 0.489 e. The standard InChI is InChI=1S/C15H25NO/c1-5-6-13-7-9-14(10-8-13)17-15(11-16-4)12(2)3/h7-10,12,15-16H,5-6,11H2,1-4H3. The summed E-state index contributed by atoms with van der Waals surface area (Å²) in [5.74, 6) is 1.48. The maximum absolute atomic E-state index is 5.99. The fraction of sp³-hybridized carbons (Fsp3) is 0.600. The van der Waals surface area contributed by atoms with Crippen molar-refractivity contribution in [3.8, 4) is 5.75 Å². The van der Waals surface area contributed by atoms with E-state index >= 15 is 0 Å². The van der Waals surface area contributed by atoms with Crippen LogP contribution in [0.25, 0.3) is 0 Å². The van der Waals surface area contributed by atoms with Gasteiger partial charge in [-0.05, 0) is 37.1 Å². The Bertz CT molecular complexity index is 305. The molecule has 1 atom stereocenters. The molecule has 0 heterocycles. The summed E-state index contributed by atoms with van der Waals surface area (Å²) < 4.78 is 5.99. The van der Waals surface area contributed by atoms with Gasteiger partial charge in [-0.3, -0.25) is 0 Å². The maximum atomic E-state index is 5.99. The Morgan fingerprint density at radius 3 is 2.29 bits per heavy atom. The fourth-order valence-electron chi connectivity index (χ4n) is 1.81. The molecule has 0 saturated heterocycles. The zero-order valence-corrected chi connectivity index (χ0v) is 11.5. The van der Waals surface area contributed by atoms with Gasteiger partial charge in [-0.1, -0.05) is 39.3 Å². The SMILES string of the molecule is CCCc1ccc(OC(CNC)C(C)C)cc1. The first-order valence-electron chi connectivity index (χ1n) is 6.57. The average Bonchev–Trinajstić information content (AvgIpc) is 2.31. The minimum Gasteiger partial charge on any atom is -0.489 e. The van der Waals surface area contributed by atoms with E-state index in [-0.39, 0.29) is 6.10 Å². The Hall–Kier alpha value is -1.02. The molecule has 0 aliphatic rings. The molecule has 0 aliphatic carbocycles. The number of ether oxygens (including phenoxy) is 1. The van der Waals surface area contributed by atoms with Gasteiger partial charge in [0.1, 0.15) is 11.9 Å². The van der Waals surface area contributed by atoms with Crippen molar-refractivity contribution in [1.82, 2.24) is 5.32 Å². The Labute approximate surface area is 105 Å². The molecule has 96 valence electrons. The summed E-state index contributed by atoms with van der Waals surface area (Å²) >= 11 is 0. The zero-order valence-electron chi connectivity index (χ0n) is 11.5. The van der Waals surface area contributed by atoms with Crippen LogP contribution in [0.2, 0.25) is 0 Å². The normalized spacial score (nSPS) is 12.8. The van der Waals surface area contributed by atoms with E-state index in [1.165, 1.54) is 12.0 Å². The minimum atomic E-state index is 0.233. The number of rotatable bonds is 7. The molecule has 0 bridgehead atoms. The van der Waals surface area contributed by atoms with Crippen LogP contribution >= 0.6 is 0 Å². The van der Waals surface area contributed by atoms with Crippen LogP contribution in [0.5, 0.6) is 5.75 Å². The molecule has 0 aromatic heterocycles. The number of benzene rings is 1. The predicted octanol–water partition coefficient (Wildman–Crippen LogP) is 3.26. The van der Waals surface area contributed by atoms with Crippen molar-refractivity contribution in [3.05, 3.63) is 29.8 Å². The summed E-state index contributed by atoms with van der Waals surface area (Å²) in [6, 6.07) is 8.48. The van der Waals surface area contributed by atoms with Gasteiger partial charge in [-0.25, -0.2) is 0 Å². The summed E-state index contributed by atoms with van der Waals surface area (Å²) in [4.78, 5) is 0. The van der Waals surface area contributed by atoms with Crippen molar-refractivity contribution in [2.45, 2.75) is 39.7 Å². The number of aryl methyl sites for hydroxylation is 1. The Morgan fingerprint density at radius 2 is 1.82 bits per heavy atom. The molecule has 1 aromatic carbocycles. The molecule has 0 spiro atoms. The van der Waals surface area contributed by atoms with E-state index in [1.54, 1.807) is 0 Å². The van der Waals surface area contributed by atoms with Crippen LogP contribution in [0.1, 0.15) is 32.8 Å². The first-order chi connectivity index (χ1) is 8.17. The summed E-state index contributed by atoms with van der Waals surface area (Å²) in [5, 5.41) is 3.18. The third kappa shape index (κ3) is 4.78. The Morgan fingerprint density at radius 1 is 1.18 bits per heavy atom. The number of nitrogens with one attached hydrogen (secondary N) is 1. The van der Waals surface area contributed by atoms with Crippen molar-refractivity contribution < 1.29 is 4.74 Å². The smallest absolute Gasteiger partial charge is 0.119 e. The molecule has 1 N–H and O–H groups in total. The van der Waals surface area contributed by atoms with Crippen molar-refractivity contribution in [1.29, 1.82) is 0 Å². The van der Waals surface area contributed by atoms with E-state index in [1.807, 2.05) is 7.05 Å². The van der Waals surface area contributed by atoms with Crippen LogP contribution in [-0.4, -0.2) is 19.7 Å². The molecular weight excluding hydrogens is 210 g/mol. The molecule has 0 fully saturated rings. The summed E-state index contributed by atoms with van der Waals surface area (Å²) in [6.45, 7) is 7.46. The van der Waals surface area contributed by atoms with E-state index in [9.17, 15) is 0 Å². The summed E-state index contributed by atoms with van der Waals surface area (Å²) in [6.07, 6.45) is 2.57. The van der Waals surface area contributed by atoms with Gasteiger partial charge < -0.3 is 10.1 Å². The van der Waals surface area contributed by atoms with Crippen molar-refractivity contribution in [2.24, 2.45) is 5.92 Å². The second-order valence-corrected chi connectivity index (χ2v) is 4.85. The van der Waals surface area contributed by atoms with Gasteiger partial charge in [0.2, 0.25) is 0 Å². The number of likely N-dealkylation sites (N-methyl/N-ethyl adjacent to an activating group) is 1. The predicted molar refractivity (Wildman–Crippen MR) is 73.6 cm³/mol. The van der Waals surface area contributed by atoms with Gasteiger partial charge in [-0.2, -0.15) is 0 Å². The number of hydrogen-bond acceptors (Lipinski definition) is 2. The molecule has 2 heteroatoms. The molecule has 0 aliphatic heterocycles. The molecule has 1 unspecified atom stereocenters. The molecular formula is C15H25NO. The van der Waals surface area contributed by atoms with Crippen LogP contribution < -0.4 is 10.1 Å². The molecule has 1 aromatic rings. The highest BCUT2D eigenvalue weighted by Gasteiger charge is 2.13. The topological polar surface area (TPSA) is 21.3 Å². The summed E-state index contributed by atoms with van der Waals surface area (Å²) in [5.41, 5.74) is 1.38. The van der Waals surface area contributed by atoms with E-state index < -0.39 is 0 Å². The monoisotopic (exact) mass is 235 g/mol. The maximum Gasteiger partial charge on any atom is 0.119 e. The Balaban J connectivity index is 2.60. The molecule has 0 amide bonds. The van der Waals surface area contributed by atoms with Gasteiger partial charge in [0.15, 0.2) is 0 Å². The second kappa shape index (κ2) is 7.33. The third-order valence-corrected chi connectivity index (χ3v) is 2.90. The van der Waals surface area contributed by atoms with E-state index in [0.29, 0.717) is 5.92 Å². The quantitative estimate of drug-likeness (QED) is 0.783. The van der Waals surface area contributed by atoms with Gasteiger partial charge >= 0.3 is 0 Å². The van der Waals surface area contributed by atoms with Crippen LogP contribution in [0.4, 0.5) is 0 Å². The van der Waals surface area contributed by atoms with Crippen LogP contribution in [0, 0.1) is 5.92 Å². The Kier molecular flexibility index (Phi) is 6.06. The van der Waals surface area contributed by atoms with Crippen molar-refractivity contribution in [3.63, 3.8) is 0 Å².